The van der Waals surface area contributed by atoms with Crippen molar-refractivity contribution in [2.45, 2.75) is 0 Å². The van der Waals surface area contributed by atoms with E-state index in [2.05, 4.69) is 24.3 Å². The Bertz CT molecular complexity index is 2010. The third-order valence-electron chi connectivity index (χ3n) is 9.50. The maximum atomic E-state index is 5.80. The van der Waals surface area contributed by atoms with Gasteiger partial charge in [-0.2, -0.15) is 24.3 Å². The van der Waals surface area contributed by atoms with Crippen LogP contribution in [0.3, 0.4) is 0 Å². The summed E-state index contributed by atoms with van der Waals surface area (Å²) >= 11 is 0. The summed E-state index contributed by atoms with van der Waals surface area (Å²) in [6, 6.07) is 32.1. The first kappa shape index (κ1) is 48.2. The van der Waals surface area contributed by atoms with Gasteiger partial charge < -0.3 is 56.8 Å². The Balaban J connectivity index is 0.000000264. The summed E-state index contributed by atoms with van der Waals surface area (Å²) < 4.78 is 67.5. The third kappa shape index (κ3) is 9.71. The molecule has 15 heteroatoms. The zero-order valence-corrected chi connectivity index (χ0v) is 39.3. The van der Waals surface area contributed by atoms with Crippen molar-refractivity contribution in [2.24, 2.45) is 0 Å². The number of hydrogen-bond donors (Lipinski definition) is 0. The number of benzene rings is 4. The summed E-state index contributed by atoms with van der Waals surface area (Å²) in [6.45, 7) is 0. The van der Waals surface area contributed by atoms with Gasteiger partial charge in [-0.15, -0.1) is 10.6 Å². The van der Waals surface area contributed by atoms with Crippen molar-refractivity contribution in [1.82, 2.24) is 0 Å². The molecule has 6 rings (SSSR count). The van der Waals surface area contributed by atoms with Gasteiger partial charge in [-0.25, -0.2) is 24.3 Å². The average Bonchev–Trinajstić information content (AvgIpc) is 4.04. The first-order valence-electron chi connectivity index (χ1n) is 18.5. The van der Waals surface area contributed by atoms with Gasteiger partial charge in [0.2, 0.25) is 23.0 Å². The van der Waals surface area contributed by atoms with E-state index in [0.29, 0.717) is 69.0 Å². The predicted octanol–water partition coefficient (Wildman–Crippen LogP) is 6.43. The minimum absolute atomic E-state index is 0. The Morgan fingerprint density at radius 3 is 0.689 bits per heavy atom. The quantitative estimate of drug-likeness (QED) is 0.0539. The van der Waals surface area contributed by atoms with Crippen LogP contribution in [0.2, 0.25) is 0 Å². The standard InChI is InChI=1S/2C23H26O6P.Fe/c2*1-24-16-11-13-18(22(28-5)20(16)26-3)30(15-9-7-8-10-15)19-14-12-17(25-2)21(27-4)23(19)29-6;/h2*7-14H,1-6H3;/q2*-1;+2. The second kappa shape index (κ2) is 23.0. The fourth-order valence-corrected chi connectivity index (χ4v) is 11.9. The van der Waals surface area contributed by atoms with Crippen LogP contribution in [0.5, 0.6) is 69.0 Å². The van der Waals surface area contributed by atoms with E-state index >= 15 is 0 Å². The Morgan fingerprint density at radius 1 is 0.295 bits per heavy atom. The van der Waals surface area contributed by atoms with Gasteiger partial charge in [0.1, 0.15) is 0 Å². The molecule has 0 aliphatic heterocycles. The molecule has 0 unspecified atom stereocenters. The molecule has 12 nitrogen and oxygen atoms in total. The molecule has 0 saturated carbocycles. The number of methoxy groups -OCH3 is 12. The molecule has 326 valence electrons. The van der Waals surface area contributed by atoms with Crippen LogP contribution >= 0.6 is 15.8 Å². The first-order valence-corrected chi connectivity index (χ1v) is 21.2. The van der Waals surface area contributed by atoms with Gasteiger partial charge in [-0.05, 0) is 64.4 Å². The molecule has 0 fully saturated rings. The molecule has 0 atom stereocenters. The molecule has 0 aliphatic rings. The molecule has 0 amide bonds. The van der Waals surface area contributed by atoms with E-state index in [4.69, 9.17) is 56.8 Å². The maximum Gasteiger partial charge on any atom is 2.00 e. The molecule has 0 spiro atoms. The molecule has 0 radical (unpaired) electrons. The van der Waals surface area contributed by atoms with Gasteiger partial charge in [0, 0.05) is 21.2 Å². The molecular formula is C46H52FeO12P2. The monoisotopic (exact) mass is 914 g/mol. The van der Waals surface area contributed by atoms with E-state index in [0.717, 1.165) is 31.8 Å². The smallest absolute Gasteiger partial charge is 0.493 e. The van der Waals surface area contributed by atoms with E-state index in [1.807, 2.05) is 72.8 Å². The van der Waals surface area contributed by atoms with Gasteiger partial charge in [0.25, 0.3) is 0 Å². The van der Waals surface area contributed by atoms with Crippen LogP contribution in [0.15, 0.2) is 97.1 Å². The molecule has 0 saturated heterocycles. The van der Waals surface area contributed by atoms with Gasteiger partial charge >= 0.3 is 17.1 Å². The second-order valence-electron chi connectivity index (χ2n) is 12.4. The van der Waals surface area contributed by atoms with Gasteiger partial charge in [0.15, 0.2) is 46.0 Å². The largest absolute Gasteiger partial charge is 2.00 e. The zero-order chi connectivity index (χ0) is 43.3. The van der Waals surface area contributed by atoms with Crippen LogP contribution in [0.1, 0.15) is 0 Å². The van der Waals surface area contributed by atoms with Crippen LogP contribution in [0, 0.1) is 0 Å². The number of ether oxygens (including phenoxy) is 12. The molecule has 6 aromatic rings. The maximum absolute atomic E-state index is 5.80. The topological polar surface area (TPSA) is 111 Å². The van der Waals surface area contributed by atoms with Crippen LogP contribution < -0.4 is 88.7 Å². The molecule has 0 bridgehead atoms. The van der Waals surface area contributed by atoms with Gasteiger partial charge in [-0.3, -0.25) is 0 Å². The minimum Gasteiger partial charge on any atom is -0.493 e. The zero-order valence-electron chi connectivity index (χ0n) is 36.4. The molecule has 61 heavy (non-hydrogen) atoms. The Morgan fingerprint density at radius 2 is 0.525 bits per heavy atom. The normalized spacial score (nSPS) is 10.5. The fourth-order valence-electron chi connectivity index (χ4n) is 6.89. The van der Waals surface area contributed by atoms with E-state index in [9.17, 15) is 0 Å². The van der Waals surface area contributed by atoms with Crippen molar-refractivity contribution in [3.8, 4) is 69.0 Å². The second-order valence-corrected chi connectivity index (χ2v) is 16.7. The molecule has 0 N–H and O–H groups in total. The molecule has 6 aromatic carbocycles. The summed E-state index contributed by atoms with van der Waals surface area (Å²) in [7, 11) is 17.2. The number of hydrogen-bond acceptors (Lipinski definition) is 12. The summed E-state index contributed by atoms with van der Waals surface area (Å²) in [5, 5.41) is 6.18. The van der Waals surface area contributed by atoms with Gasteiger partial charge in [-0.1, -0.05) is 0 Å². The van der Waals surface area contributed by atoms with Crippen LogP contribution in [-0.2, 0) is 17.1 Å². The minimum atomic E-state index is -1.06. The van der Waals surface area contributed by atoms with E-state index < -0.39 is 15.8 Å². The number of rotatable bonds is 18. The van der Waals surface area contributed by atoms with Crippen molar-refractivity contribution < 1.29 is 73.9 Å². The van der Waals surface area contributed by atoms with Crippen molar-refractivity contribution >= 4 is 47.7 Å². The van der Waals surface area contributed by atoms with Gasteiger partial charge in [0.05, 0.1) is 85.3 Å². The predicted molar refractivity (Wildman–Crippen MR) is 240 cm³/mol. The van der Waals surface area contributed by atoms with Crippen molar-refractivity contribution in [1.29, 1.82) is 0 Å². The summed E-state index contributed by atoms with van der Waals surface area (Å²) in [4.78, 5) is 0. The third-order valence-corrected chi connectivity index (χ3v) is 14.5. The summed E-state index contributed by atoms with van der Waals surface area (Å²) in [6.07, 6.45) is 0. The van der Waals surface area contributed by atoms with Crippen LogP contribution in [0.4, 0.5) is 0 Å². The van der Waals surface area contributed by atoms with E-state index in [-0.39, 0.29) is 17.1 Å². The summed E-state index contributed by atoms with van der Waals surface area (Å²) in [5.41, 5.74) is 0. The van der Waals surface area contributed by atoms with E-state index in [1.165, 1.54) is 0 Å². The Labute approximate surface area is 371 Å². The van der Waals surface area contributed by atoms with Crippen LogP contribution in [0.25, 0.3) is 0 Å². The Hall–Kier alpha value is -5.44. The SMILES string of the molecule is COc1ccc(P(c2ccc[cH-]2)c2ccc(OC)c(OC)c2OC)c(OC)c1OC.COc1ccc(P(c2ccc[cH-]2)c2ccc(OC)c(OC)c2OC)c(OC)c1OC.[Fe+2]. The Kier molecular flexibility index (Phi) is 18.2. The van der Waals surface area contributed by atoms with Crippen molar-refractivity contribution in [3.63, 3.8) is 0 Å². The van der Waals surface area contributed by atoms with Crippen LogP contribution in [-0.4, -0.2) is 85.3 Å². The fraction of sp³-hybridized carbons (Fsp3) is 0.261. The molecular weight excluding hydrogens is 862 g/mol. The molecule has 0 heterocycles. The van der Waals surface area contributed by atoms with Crippen molar-refractivity contribution in [2.75, 3.05) is 85.3 Å². The van der Waals surface area contributed by atoms with Crippen molar-refractivity contribution in [3.05, 3.63) is 97.1 Å². The summed E-state index contributed by atoms with van der Waals surface area (Å²) in [5.74, 6) is 7.14. The van der Waals surface area contributed by atoms with E-state index in [1.54, 1.807) is 85.3 Å². The molecule has 0 aliphatic carbocycles. The average molecular weight is 915 g/mol. The molecule has 0 aromatic heterocycles. The first-order chi connectivity index (χ1) is 29.3.